The zero-order chi connectivity index (χ0) is 23.6. The zero-order valence-corrected chi connectivity index (χ0v) is 20.9. The van der Waals surface area contributed by atoms with Gasteiger partial charge in [0.25, 0.3) is 5.91 Å². The van der Waals surface area contributed by atoms with Crippen molar-refractivity contribution in [3.05, 3.63) is 71.8 Å². The van der Waals surface area contributed by atoms with Gasteiger partial charge in [-0.1, -0.05) is 93.3 Å². The molecule has 34 heavy (non-hydrogen) atoms. The van der Waals surface area contributed by atoms with Crippen molar-refractivity contribution in [2.75, 3.05) is 19.7 Å². The number of unbranched alkanes of at least 4 members (excludes halogenated alkanes) is 1. The van der Waals surface area contributed by atoms with Crippen LogP contribution in [0.3, 0.4) is 0 Å². The molecule has 0 spiro atoms. The Morgan fingerprint density at radius 1 is 0.941 bits per heavy atom. The van der Waals surface area contributed by atoms with Crippen LogP contribution in [0.2, 0.25) is 0 Å². The normalized spacial score (nSPS) is 20.0. The van der Waals surface area contributed by atoms with E-state index in [-0.39, 0.29) is 17.9 Å². The van der Waals surface area contributed by atoms with E-state index in [0.717, 1.165) is 63.7 Å². The van der Waals surface area contributed by atoms with E-state index in [4.69, 9.17) is 4.74 Å². The average Bonchev–Trinajstić information content (AvgIpc) is 2.89. The molecule has 0 bridgehead atoms. The number of hydrogen-bond acceptors (Lipinski definition) is 3. The van der Waals surface area contributed by atoms with Gasteiger partial charge < -0.3 is 10.1 Å². The minimum atomic E-state index is -0.877. The van der Waals surface area contributed by atoms with Crippen molar-refractivity contribution in [3.8, 4) is 0 Å². The lowest BCUT2D eigenvalue weighted by molar-refractivity contribution is -0.163. The number of ether oxygens (including phenoxy) is 1. The predicted octanol–water partition coefficient (Wildman–Crippen LogP) is 6.06. The average molecular weight is 463 g/mol. The summed E-state index contributed by atoms with van der Waals surface area (Å²) in [6, 6.07) is 21.2. The van der Waals surface area contributed by atoms with Crippen LogP contribution in [0.25, 0.3) is 0 Å². The highest BCUT2D eigenvalue weighted by atomic mass is 16.5. The largest absolute Gasteiger partial charge is 0.360 e. The van der Waals surface area contributed by atoms with E-state index in [1.54, 1.807) is 0 Å². The Morgan fingerprint density at radius 2 is 1.59 bits per heavy atom. The van der Waals surface area contributed by atoms with Gasteiger partial charge in [-0.25, -0.2) is 0 Å². The molecule has 2 aromatic rings. The lowest BCUT2D eigenvalue weighted by Gasteiger charge is -2.43. The fourth-order valence-corrected chi connectivity index (χ4v) is 5.76. The highest BCUT2D eigenvalue weighted by molar-refractivity contribution is 5.87. The van der Waals surface area contributed by atoms with E-state index >= 15 is 0 Å². The van der Waals surface area contributed by atoms with Gasteiger partial charge in [-0.3, -0.25) is 9.69 Å². The standard InChI is InChI=1S/C30H42N2O2/c1-2-3-23-34-30(26-15-9-5-10-16-26,27-17-11-6-12-18-27)29(33)31-28-19-21-32(22-20-28)24-25-13-7-4-8-14-25/h4-5,7-10,13-16,27-28H,2-3,6,11-12,17-24H2,1H3,(H,31,33). The van der Waals surface area contributed by atoms with Gasteiger partial charge >= 0.3 is 0 Å². The van der Waals surface area contributed by atoms with Crippen LogP contribution in [0.1, 0.15) is 75.8 Å². The molecule has 184 valence electrons. The summed E-state index contributed by atoms with van der Waals surface area (Å²) in [5.74, 6) is 0.321. The van der Waals surface area contributed by atoms with Crippen molar-refractivity contribution in [3.63, 3.8) is 0 Å². The quantitative estimate of drug-likeness (QED) is 0.436. The Hall–Kier alpha value is -2.17. The fourth-order valence-electron chi connectivity index (χ4n) is 5.76. The molecular formula is C30H42N2O2. The van der Waals surface area contributed by atoms with Crippen molar-refractivity contribution >= 4 is 5.91 Å². The first-order chi connectivity index (χ1) is 16.7. The van der Waals surface area contributed by atoms with Crippen molar-refractivity contribution in [2.24, 2.45) is 5.92 Å². The van der Waals surface area contributed by atoms with E-state index < -0.39 is 5.60 Å². The summed E-state index contributed by atoms with van der Waals surface area (Å²) in [7, 11) is 0. The number of likely N-dealkylation sites (tertiary alicyclic amines) is 1. The Morgan fingerprint density at radius 3 is 2.24 bits per heavy atom. The lowest BCUT2D eigenvalue weighted by atomic mass is 9.72. The lowest BCUT2D eigenvalue weighted by Crippen LogP contribution is -2.56. The molecule has 1 heterocycles. The van der Waals surface area contributed by atoms with Gasteiger partial charge in [-0.05, 0) is 43.2 Å². The molecule has 2 aliphatic rings. The molecule has 1 unspecified atom stereocenters. The molecule has 1 atom stereocenters. The Kier molecular flexibility index (Phi) is 9.18. The van der Waals surface area contributed by atoms with Gasteiger partial charge in [0.05, 0.1) is 0 Å². The van der Waals surface area contributed by atoms with Crippen LogP contribution in [-0.4, -0.2) is 36.5 Å². The third-order valence-electron chi connectivity index (χ3n) is 7.72. The maximum atomic E-state index is 14.2. The summed E-state index contributed by atoms with van der Waals surface area (Å²) in [6.45, 7) is 5.82. The third kappa shape index (κ3) is 6.09. The van der Waals surface area contributed by atoms with Gasteiger partial charge in [0.2, 0.25) is 0 Å². The van der Waals surface area contributed by atoms with Gasteiger partial charge in [0, 0.05) is 38.2 Å². The summed E-state index contributed by atoms with van der Waals surface area (Å²) in [5.41, 5.74) is 1.50. The van der Waals surface area contributed by atoms with Crippen LogP contribution in [-0.2, 0) is 21.7 Å². The molecule has 2 fully saturated rings. The van der Waals surface area contributed by atoms with Crippen LogP contribution in [0.5, 0.6) is 0 Å². The summed E-state index contributed by atoms with van der Waals surface area (Å²) in [4.78, 5) is 16.7. The van der Waals surface area contributed by atoms with E-state index in [1.807, 2.05) is 18.2 Å². The van der Waals surface area contributed by atoms with Crippen molar-refractivity contribution in [1.82, 2.24) is 10.2 Å². The maximum Gasteiger partial charge on any atom is 0.257 e. The Labute approximate surface area is 206 Å². The molecule has 2 aromatic carbocycles. The molecule has 1 saturated carbocycles. The second-order valence-corrected chi connectivity index (χ2v) is 10.1. The van der Waals surface area contributed by atoms with Crippen LogP contribution >= 0.6 is 0 Å². The van der Waals surface area contributed by atoms with E-state index in [1.165, 1.54) is 24.8 Å². The molecule has 4 rings (SSSR count). The number of benzene rings is 2. The number of nitrogens with one attached hydrogen (secondary N) is 1. The predicted molar refractivity (Wildman–Crippen MR) is 138 cm³/mol. The van der Waals surface area contributed by atoms with E-state index in [9.17, 15) is 4.79 Å². The monoisotopic (exact) mass is 462 g/mol. The van der Waals surface area contributed by atoms with E-state index in [2.05, 4.69) is 59.6 Å². The third-order valence-corrected chi connectivity index (χ3v) is 7.72. The fraction of sp³-hybridized carbons (Fsp3) is 0.567. The number of piperidine rings is 1. The van der Waals surface area contributed by atoms with Crippen LogP contribution < -0.4 is 5.32 Å². The van der Waals surface area contributed by atoms with Gasteiger partial charge in [-0.15, -0.1) is 0 Å². The number of carbonyl (C=O) groups is 1. The van der Waals surface area contributed by atoms with Crippen LogP contribution in [0, 0.1) is 5.92 Å². The minimum absolute atomic E-state index is 0.0863. The molecule has 1 N–H and O–H groups in total. The first kappa shape index (κ1) is 24.9. The van der Waals surface area contributed by atoms with Crippen molar-refractivity contribution in [1.29, 1.82) is 0 Å². The van der Waals surface area contributed by atoms with Gasteiger partial charge in [-0.2, -0.15) is 0 Å². The summed E-state index contributed by atoms with van der Waals surface area (Å²) in [6.07, 6.45) is 9.77. The number of rotatable bonds is 10. The van der Waals surface area contributed by atoms with Crippen LogP contribution in [0.4, 0.5) is 0 Å². The second-order valence-electron chi connectivity index (χ2n) is 10.1. The molecule has 0 radical (unpaired) electrons. The molecule has 1 aliphatic heterocycles. The molecule has 1 amide bonds. The van der Waals surface area contributed by atoms with Gasteiger partial charge in [0.1, 0.15) is 0 Å². The zero-order valence-electron chi connectivity index (χ0n) is 20.9. The second kappa shape index (κ2) is 12.5. The number of carbonyl (C=O) groups excluding carboxylic acids is 1. The molecule has 0 aromatic heterocycles. The smallest absolute Gasteiger partial charge is 0.257 e. The number of nitrogens with zero attached hydrogens (tertiary/aromatic N) is 1. The first-order valence-corrected chi connectivity index (χ1v) is 13.5. The van der Waals surface area contributed by atoms with Crippen LogP contribution in [0.15, 0.2) is 60.7 Å². The highest BCUT2D eigenvalue weighted by Gasteiger charge is 2.49. The maximum absolute atomic E-state index is 14.2. The van der Waals surface area contributed by atoms with E-state index in [0.29, 0.717) is 6.61 Å². The topological polar surface area (TPSA) is 41.6 Å². The molecule has 4 nitrogen and oxygen atoms in total. The van der Waals surface area contributed by atoms with Crippen molar-refractivity contribution < 1.29 is 9.53 Å². The number of amides is 1. The molecular weight excluding hydrogens is 420 g/mol. The molecule has 1 aliphatic carbocycles. The SMILES string of the molecule is CCCCOC(C(=O)NC1CCN(Cc2ccccc2)CC1)(c1ccccc1)C1CCCCC1. The first-order valence-electron chi connectivity index (χ1n) is 13.5. The Bertz CT molecular complexity index is 858. The summed E-state index contributed by atoms with van der Waals surface area (Å²) >= 11 is 0. The summed E-state index contributed by atoms with van der Waals surface area (Å²) < 4.78 is 6.68. The molecule has 1 saturated heterocycles. The van der Waals surface area contributed by atoms with Crippen molar-refractivity contribution in [2.45, 2.75) is 82.9 Å². The van der Waals surface area contributed by atoms with Gasteiger partial charge in [0.15, 0.2) is 5.60 Å². The highest BCUT2D eigenvalue weighted by Crippen LogP contribution is 2.43. The Balaban J connectivity index is 1.47. The minimum Gasteiger partial charge on any atom is -0.360 e. The summed E-state index contributed by atoms with van der Waals surface area (Å²) in [5, 5.41) is 3.48. The molecule has 4 heteroatoms. The number of hydrogen-bond donors (Lipinski definition) is 1.